The molecule has 0 aliphatic carbocycles. The van der Waals surface area contributed by atoms with Gasteiger partial charge in [-0.2, -0.15) is 0 Å². The number of nitrogens with zero attached hydrogens (tertiary/aromatic N) is 6. The van der Waals surface area contributed by atoms with E-state index < -0.39 is 12.1 Å². The Morgan fingerprint density at radius 1 is 0.519 bits per heavy atom. The van der Waals surface area contributed by atoms with E-state index in [1.54, 1.807) is 36.9 Å². The molecule has 0 spiro atoms. The fraction of sp³-hybridized carbons (Fsp3) is 0.200. The summed E-state index contributed by atoms with van der Waals surface area (Å²) in [6.45, 7) is 5.52. The average molecular weight is 691 g/mol. The van der Waals surface area contributed by atoms with Crippen LogP contribution in [0.5, 0.6) is 0 Å². The first-order valence-electron chi connectivity index (χ1n) is 17.1. The Morgan fingerprint density at radius 2 is 0.904 bits per heavy atom. The standard InChI is InChI=1S/C40H34N8O4/c1-23(47-37(49)31-7-3-5-25-11-27(29-17-43-21-44-18-29)13-33(35(25)31)39(47)51)15-41-9-10-42-16-24(2)48-38(50)32-8-4-6-26-12-28(30-19-45-22-46-20-30)14-34(36(26)32)40(48)52/h3-8,11-14,17-24,41-42H,9-10,15-16H2,1-2H3. The maximum atomic E-state index is 13.8. The second-order valence-corrected chi connectivity index (χ2v) is 13.2. The summed E-state index contributed by atoms with van der Waals surface area (Å²) >= 11 is 0. The number of rotatable bonds is 11. The van der Waals surface area contributed by atoms with Crippen molar-refractivity contribution in [2.75, 3.05) is 26.2 Å². The van der Waals surface area contributed by atoms with Gasteiger partial charge >= 0.3 is 0 Å². The molecule has 0 fully saturated rings. The summed E-state index contributed by atoms with van der Waals surface area (Å²) in [5, 5.41) is 9.62. The minimum absolute atomic E-state index is 0.322. The van der Waals surface area contributed by atoms with E-state index in [4.69, 9.17) is 0 Å². The molecule has 2 aromatic heterocycles. The van der Waals surface area contributed by atoms with Crippen LogP contribution in [0.25, 0.3) is 43.8 Å². The first kappa shape index (κ1) is 32.9. The number of benzene rings is 4. The van der Waals surface area contributed by atoms with Crippen LogP contribution in [-0.4, -0.2) is 91.6 Å². The van der Waals surface area contributed by atoms with Gasteiger partial charge in [0.1, 0.15) is 12.7 Å². The number of nitrogens with one attached hydrogen (secondary N) is 2. The molecule has 0 saturated carbocycles. The van der Waals surface area contributed by atoms with Crippen molar-refractivity contribution in [1.29, 1.82) is 0 Å². The summed E-state index contributed by atoms with van der Waals surface area (Å²) in [6, 6.07) is 17.7. The van der Waals surface area contributed by atoms with Gasteiger partial charge in [0.05, 0.1) is 0 Å². The van der Waals surface area contributed by atoms with Gasteiger partial charge in [0.15, 0.2) is 0 Å². The van der Waals surface area contributed by atoms with Crippen molar-refractivity contribution in [2.24, 2.45) is 0 Å². The van der Waals surface area contributed by atoms with Crippen molar-refractivity contribution in [2.45, 2.75) is 25.9 Å². The molecule has 8 rings (SSSR count). The zero-order valence-corrected chi connectivity index (χ0v) is 28.5. The highest BCUT2D eigenvalue weighted by Crippen LogP contribution is 2.36. The molecule has 0 bridgehead atoms. The van der Waals surface area contributed by atoms with Crippen molar-refractivity contribution in [3.8, 4) is 22.3 Å². The van der Waals surface area contributed by atoms with Crippen LogP contribution in [0.1, 0.15) is 55.3 Å². The molecule has 4 heterocycles. The lowest BCUT2D eigenvalue weighted by Gasteiger charge is -2.33. The molecule has 0 saturated heterocycles. The van der Waals surface area contributed by atoms with Gasteiger partial charge in [-0.25, -0.2) is 19.9 Å². The highest BCUT2D eigenvalue weighted by molar-refractivity contribution is 6.27. The third-order valence-corrected chi connectivity index (χ3v) is 9.78. The Hall–Kier alpha value is -6.24. The van der Waals surface area contributed by atoms with Crippen LogP contribution in [-0.2, 0) is 0 Å². The molecule has 258 valence electrons. The number of hydrogen-bond acceptors (Lipinski definition) is 10. The third kappa shape index (κ3) is 5.67. The molecule has 2 atom stereocenters. The summed E-state index contributed by atoms with van der Waals surface area (Å²) < 4.78 is 0. The van der Waals surface area contributed by atoms with E-state index in [-0.39, 0.29) is 23.6 Å². The maximum Gasteiger partial charge on any atom is 0.261 e. The zero-order valence-electron chi connectivity index (χ0n) is 28.5. The lowest BCUT2D eigenvalue weighted by Crippen LogP contribution is -2.51. The highest BCUT2D eigenvalue weighted by atomic mass is 16.2. The van der Waals surface area contributed by atoms with Crippen molar-refractivity contribution in [3.63, 3.8) is 0 Å². The number of carbonyl (C=O) groups is 4. The molecule has 4 aromatic carbocycles. The summed E-state index contributed by atoms with van der Waals surface area (Å²) in [7, 11) is 0. The Labute approximate surface area is 298 Å². The van der Waals surface area contributed by atoms with Crippen molar-refractivity contribution in [3.05, 3.63) is 120 Å². The van der Waals surface area contributed by atoms with E-state index in [2.05, 4.69) is 30.6 Å². The Balaban J connectivity index is 0.898. The lowest BCUT2D eigenvalue weighted by molar-refractivity contribution is 0.0532. The topological polar surface area (TPSA) is 150 Å². The number of aromatic nitrogens is 4. The van der Waals surface area contributed by atoms with Crippen LogP contribution >= 0.6 is 0 Å². The van der Waals surface area contributed by atoms with Crippen LogP contribution in [0.2, 0.25) is 0 Å². The molecule has 2 N–H and O–H groups in total. The van der Waals surface area contributed by atoms with E-state index in [0.29, 0.717) is 59.2 Å². The highest BCUT2D eigenvalue weighted by Gasteiger charge is 2.37. The smallest absolute Gasteiger partial charge is 0.261 e. The fourth-order valence-corrected chi connectivity index (χ4v) is 7.26. The first-order chi connectivity index (χ1) is 25.3. The Morgan fingerprint density at radius 3 is 1.31 bits per heavy atom. The second kappa shape index (κ2) is 13.5. The van der Waals surface area contributed by atoms with Crippen molar-refractivity contribution < 1.29 is 19.2 Å². The fourth-order valence-electron chi connectivity index (χ4n) is 7.26. The van der Waals surface area contributed by atoms with Crippen LogP contribution in [0.3, 0.4) is 0 Å². The molecule has 12 heteroatoms. The summed E-state index contributed by atoms with van der Waals surface area (Å²) in [5.74, 6) is -1.33. The first-order valence-corrected chi connectivity index (χ1v) is 17.1. The van der Waals surface area contributed by atoms with E-state index in [9.17, 15) is 19.2 Å². The van der Waals surface area contributed by atoms with Gasteiger partial charge in [-0.1, -0.05) is 24.3 Å². The predicted octanol–water partition coefficient (Wildman–Crippen LogP) is 4.76. The zero-order chi connectivity index (χ0) is 35.9. The molecule has 0 radical (unpaired) electrons. The Bertz CT molecular complexity index is 2230. The number of imide groups is 2. The summed E-state index contributed by atoms with van der Waals surface area (Å²) in [5.41, 5.74) is 5.10. The Kier molecular flexibility index (Phi) is 8.53. The number of carbonyl (C=O) groups excluding carboxylic acids is 4. The van der Waals surface area contributed by atoms with Gasteiger partial charge in [0.2, 0.25) is 0 Å². The van der Waals surface area contributed by atoms with Gasteiger partial charge < -0.3 is 10.6 Å². The third-order valence-electron chi connectivity index (χ3n) is 9.78. The largest absolute Gasteiger partial charge is 0.313 e. The maximum absolute atomic E-state index is 13.8. The normalized spacial score (nSPS) is 15.1. The van der Waals surface area contributed by atoms with Crippen LogP contribution in [0.15, 0.2) is 98.1 Å². The second-order valence-electron chi connectivity index (χ2n) is 13.2. The van der Waals surface area contributed by atoms with E-state index in [1.165, 1.54) is 22.5 Å². The monoisotopic (exact) mass is 690 g/mol. The summed E-state index contributed by atoms with van der Waals surface area (Å²) in [6.07, 6.45) is 9.70. The van der Waals surface area contributed by atoms with Crippen LogP contribution in [0.4, 0.5) is 0 Å². The molecular formula is C40H34N8O4. The summed E-state index contributed by atoms with van der Waals surface area (Å²) in [4.78, 5) is 74.1. The number of amides is 4. The van der Waals surface area contributed by atoms with Crippen LogP contribution in [0, 0.1) is 0 Å². The molecule has 2 aliphatic rings. The average Bonchev–Trinajstić information content (AvgIpc) is 3.17. The van der Waals surface area contributed by atoms with Crippen molar-refractivity contribution in [1.82, 2.24) is 40.4 Å². The molecule has 2 unspecified atom stereocenters. The quantitative estimate of drug-likeness (QED) is 0.144. The molecular weight excluding hydrogens is 656 g/mol. The van der Waals surface area contributed by atoms with Gasteiger partial charge in [-0.05, 0) is 72.1 Å². The molecule has 52 heavy (non-hydrogen) atoms. The van der Waals surface area contributed by atoms with E-state index >= 15 is 0 Å². The predicted molar refractivity (Wildman–Crippen MR) is 196 cm³/mol. The van der Waals surface area contributed by atoms with Crippen LogP contribution < -0.4 is 10.6 Å². The van der Waals surface area contributed by atoms with E-state index in [1.807, 2.05) is 62.4 Å². The van der Waals surface area contributed by atoms with Gasteiger partial charge in [-0.15, -0.1) is 0 Å². The van der Waals surface area contributed by atoms with Gasteiger partial charge in [0, 0.05) is 107 Å². The molecule has 2 aliphatic heterocycles. The van der Waals surface area contributed by atoms with Gasteiger partial charge in [-0.3, -0.25) is 29.0 Å². The minimum atomic E-state index is -0.426. The molecule has 4 amide bonds. The molecule has 6 aromatic rings. The minimum Gasteiger partial charge on any atom is -0.313 e. The van der Waals surface area contributed by atoms with E-state index in [0.717, 1.165) is 33.0 Å². The number of hydrogen-bond donors (Lipinski definition) is 2. The molecule has 12 nitrogen and oxygen atoms in total. The SMILES string of the molecule is CC(CNCCNCC(C)N1C(=O)c2cccc3cc(-c4cncnc4)cc(c23)C1=O)N1C(=O)c2cccc3cc(-c4cncnc4)cc(c23)C1=O. The lowest BCUT2D eigenvalue weighted by atomic mass is 9.90. The van der Waals surface area contributed by atoms with Crippen molar-refractivity contribution >= 4 is 45.2 Å². The van der Waals surface area contributed by atoms with Gasteiger partial charge in [0.25, 0.3) is 23.6 Å².